The topological polar surface area (TPSA) is 86.7 Å². The number of hydrogen-bond donors (Lipinski definition) is 2. The molecule has 1 aliphatic carbocycles. The summed E-state index contributed by atoms with van der Waals surface area (Å²) >= 11 is 0. The van der Waals surface area contributed by atoms with Crippen LogP contribution in [0.2, 0.25) is 0 Å². The number of likely N-dealkylation sites (tertiary alicyclic amines) is 1. The second-order valence-corrected chi connectivity index (χ2v) is 5.70. The van der Waals surface area contributed by atoms with Gasteiger partial charge in [-0.3, -0.25) is 19.3 Å². The molecule has 0 aromatic heterocycles. The van der Waals surface area contributed by atoms with Crippen LogP contribution in [0.3, 0.4) is 0 Å². The minimum atomic E-state index is -0.702. The monoisotopic (exact) mass is 282 g/mol. The van der Waals surface area contributed by atoms with Gasteiger partial charge in [0, 0.05) is 6.54 Å². The fraction of sp³-hybridized carbons (Fsp3) is 0.786. The third kappa shape index (κ3) is 3.17. The number of carboxylic acids is 1. The minimum Gasteiger partial charge on any atom is -0.481 e. The largest absolute Gasteiger partial charge is 0.481 e. The molecule has 0 aromatic rings. The zero-order valence-corrected chi connectivity index (χ0v) is 11.8. The van der Waals surface area contributed by atoms with Crippen molar-refractivity contribution >= 4 is 17.8 Å². The number of nitrogens with zero attached hydrogens (tertiary/aromatic N) is 1. The van der Waals surface area contributed by atoms with Crippen LogP contribution in [0.5, 0.6) is 0 Å². The molecule has 2 N–H and O–H groups in total. The van der Waals surface area contributed by atoms with E-state index in [4.69, 9.17) is 5.11 Å². The van der Waals surface area contributed by atoms with Crippen molar-refractivity contribution in [2.24, 2.45) is 11.8 Å². The Bertz CT molecular complexity index is 402. The Morgan fingerprint density at radius 1 is 1.30 bits per heavy atom. The van der Waals surface area contributed by atoms with Crippen molar-refractivity contribution in [1.82, 2.24) is 10.2 Å². The number of imide groups is 1. The van der Waals surface area contributed by atoms with Gasteiger partial charge in [0.05, 0.1) is 18.4 Å². The number of aliphatic carboxylic acids is 1. The van der Waals surface area contributed by atoms with Crippen LogP contribution in [-0.4, -0.2) is 46.9 Å². The maximum atomic E-state index is 11.9. The minimum absolute atomic E-state index is 0.107. The van der Waals surface area contributed by atoms with Crippen LogP contribution in [0.1, 0.15) is 39.0 Å². The van der Waals surface area contributed by atoms with Crippen molar-refractivity contribution in [2.75, 3.05) is 13.1 Å². The molecule has 1 unspecified atom stereocenters. The van der Waals surface area contributed by atoms with E-state index in [0.29, 0.717) is 31.8 Å². The van der Waals surface area contributed by atoms with Crippen LogP contribution in [0.15, 0.2) is 0 Å². The summed E-state index contributed by atoms with van der Waals surface area (Å²) in [7, 11) is 0. The molecule has 1 heterocycles. The Morgan fingerprint density at radius 3 is 2.45 bits per heavy atom. The fourth-order valence-corrected chi connectivity index (χ4v) is 3.10. The summed E-state index contributed by atoms with van der Waals surface area (Å²) in [5.41, 5.74) is 0. The van der Waals surface area contributed by atoms with E-state index in [1.807, 2.05) is 0 Å². The van der Waals surface area contributed by atoms with Gasteiger partial charge in [-0.2, -0.15) is 0 Å². The van der Waals surface area contributed by atoms with Gasteiger partial charge < -0.3 is 10.4 Å². The second-order valence-electron chi connectivity index (χ2n) is 5.70. The predicted octanol–water partition coefficient (Wildman–Crippen LogP) is 0.614. The zero-order chi connectivity index (χ0) is 14.7. The Kier molecular flexibility index (Phi) is 4.75. The molecule has 0 aromatic carbocycles. The molecule has 0 bridgehead atoms. The molecule has 6 nitrogen and oxygen atoms in total. The van der Waals surface area contributed by atoms with Crippen LogP contribution in [0.4, 0.5) is 0 Å². The standard InChI is InChI=1S/C14H22N2O4/c1-2-16-12(17)7-11(13(16)18)15-8-9-3-5-10(6-4-9)14(19)20/h9-11,15H,2-8H2,1H3,(H,19,20). The quantitative estimate of drug-likeness (QED) is 0.722. The van der Waals surface area contributed by atoms with Crippen molar-refractivity contribution in [3.63, 3.8) is 0 Å². The summed E-state index contributed by atoms with van der Waals surface area (Å²) in [6, 6.07) is -0.389. The first-order chi connectivity index (χ1) is 9.52. The van der Waals surface area contributed by atoms with Crippen LogP contribution in [0, 0.1) is 11.8 Å². The van der Waals surface area contributed by atoms with Gasteiger partial charge in [-0.15, -0.1) is 0 Å². The van der Waals surface area contributed by atoms with Gasteiger partial charge in [0.2, 0.25) is 11.8 Å². The first-order valence-electron chi connectivity index (χ1n) is 7.33. The molecule has 1 saturated carbocycles. The smallest absolute Gasteiger partial charge is 0.306 e. The average Bonchev–Trinajstić information content (AvgIpc) is 2.71. The maximum Gasteiger partial charge on any atom is 0.306 e. The number of nitrogens with one attached hydrogen (secondary N) is 1. The number of amides is 2. The number of carbonyl (C=O) groups is 3. The Morgan fingerprint density at radius 2 is 1.95 bits per heavy atom. The molecule has 2 fully saturated rings. The Balaban J connectivity index is 1.76. The molecule has 6 heteroatoms. The summed E-state index contributed by atoms with van der Waals surface area (Å²) in [5, 5.41) is 12.1. The van der Waals surface area contributed by atoms with Crippen LogP contribution >= 0.6 is 0 Å². The molecule has 2 amide bonds. The molecule has 0 radical (unpaired) electrons. The SMILES string of the molecule is CCN1C(=O)CC(NCC2CCC(C(=O)O)CC2)C1=O. The van der Waals surface area contributed by atoms with Gasteiger partial charge in [-0.1, -0.05) is 0 Å². The van der Waals surface area contributed by atoms with Crippen molar-refractivity contribution in [1.29, 1.82) is 0 Å². The number of likely N-dealkylation sites (N-methyl/N-ethyl adjacent to an activating group) is 1. The third-order valence-corrected chi connectivity index (χ3v) is 4.41. The van der Waals surface area contributed by atoms with Gasteiger partial charge in [-0.05, 0) is 45.1 Å². The maximum absolute atomic E-state index is 11.9. The molecule has 112 valence electrons. The summed E-state index contributed by atoms with van der Waals surface area (Å²) in [4.78, 5) is 35.7. The van der Waals surface area contributed by atoms with Crippen molar-refractivity contribution in [2.45, 2.75) is 45.1 Å². The number of hydrogen-bond acceptors (Lipinski definition) is 4. The summed E-state index contributed by atoms with van der Waals surface area (Å²) < 4.78 is 0. The molecule has 2 aliphatic rings. The van der Waals surface area contributed by atoms with Crippen molar-refractivity contribution in [3.05, 3.63) is 0 Å². The Labute approximate surface area is 118 Å². The van der Waals surface area contributed by atoms with Crippen LogP contribution in [-0.2, 0) is 14.4 Å². The van der Waals surface area contributed by atoms with Gasteiger partial charge in [-0.25, -0.2) is 0 Å². The first-order valence-corrected chi connectivity index (χ1v) is 7.33. The molecule has 0 spiro atoms. The highest BCUT2D eigenvalue weighted by Gasteiger charge is 2.37. The van der Waals surface area contributed by atoms with Crippen molar-refractivity contribution < 1.29 is 19.5 Å². The van der Waals surface area contributed by atoms with E-state index >= 15 is 0 Å². The van der Waals surface area contributed by atoms with Gasteiger partial charge in [0.1, 0.15) is 0 Å². The molecule has 20 heavy (non-hydrogen) atoms. The van der Waals surface area contributed by atoms with Crippen molar-refractivity contribution in [3.8, 4) is 0 Å². The van der Waals surface area contributed by atoms with Crippen LogP contribution in [0.25, 0.3) is 0 Å². The number of rotatable bonds is 5. The molecule has 1 atom stereocenters. The zero-order valence-electron chi connectivity index (χ0n) is 11.8. The summed E-state index contributed by atoms with van der Waals surface area (Å²) in [6.07, 6.45) is 3.41. The van der Waals surface area contributed by atoms with E-state index in [1.54, 1.807) is 6.92 Å². The van der Waals surface area contributed by atoms with Gasteiger partial charge in [0.25, 0.3) is 0 Å². The highest BCUT2D eigenvalue weighted by Crippen LogP contribution is 2.28. The van der Waals surface area contributed by atoms with E-state index in [1.165, 1.54) is 4.90 Å². The normalized spacial score (nSPS) is 30.9. The molecule has 1 aliphatic heterocycles. The lowest BCUT2D eigenvalue weighted by molar-refractivity contribution is -0.143. The lowest BCUT2D eigenvalue weighted by Gasteiger charge is -2.27. The van der Waals surface area contributed by atoms with E-state index in [2.05, 4.69) is 5.32 Å². The van der Waals surface area contributed by atoms with E-state index < -0.39 is 5.97 Å². The summed E-state index contributed by atoms with van der Waals surface area (Å²) in [5.74, 6) is -0.742. The lowest BCUT2D eigenvalue weighted by Crippen LogP contribution is -2.41. The Hall–Kier alpha value is -1.43. The molecular formula is C14H22N2O4. The third-order valence-electron chi connectivity index (χ3n) is 4.41. The molecule has 1 saturated heterocycles. The summed E-state index contributed by atoms with van der Waals surface area (Å²) in [6.45, 7) is 2.92. The van der Waals surface area contributed by atoms with E-state index in [0.717, 1.165) is 12.8 Å². The van der Waals surface area contributed by atoms with Crippen LogP contribution < -0.4 is 5.32 Å². The van der Waals surface area contributed by atoms with E-state index in [9.17, 15) is 14.4 Å². The van der Waals surface area contributed by atoms with E-state index in [-0.39, 0.29) is 30.2 Å². The number of carbonyl (C=O) groups excluding carboxylic acids is 2. The first kappa shape index (κ1) is 15.0. The predicted molar refractivity (Wildman–Crippen MR) is 71.9 cm³/mol. The molecular weight excluding hydrogens is 260 g/mol. The highest BCUT2D eigenvalue weighted by molar-refractivity contribution is 6.05. The average molecular weight is 282 g/mol. The van der Waals surface area contributed by atoms with Gasteiger partial charge in [0.15, 0.2) is 0 Å². The highest BCUT2D eigenvalue weighted by atomic mass is 16.4. The second kappa shape index (κ2) is 6.35. The van der Waals surface area contributed by atoms with Gasteiger partial charge >= 0.3 is 5.97 Å². The lowest BCUT2D eigenvalue weighted by atomic mass is 9.82. The molecule has 2 rings (SSSR count). The number of carboxylic acid groups (broad SMARTS) is 1. The fourth-order valence-electron chi connectivity index (χ4n) is 3.10.